The smallest absolute Gasteiger partial charge is 0.421 e. The van der Waals surface area contributed by atoms with Crippen LogP contribution in [0.3, 0.4) is 0 Å². The maximum absolute atomic E-state index is 15.6. The molecule has 0 atom stereocenters. The number of anilines is 2. The first-order valence-corrected chi connectivity index (χ1v) is 23.9. The number of carbonyl (C=O) groups is 1. The quantitative estimate of drug-likeness (QED) is 0.110. The number of piperazine rings is 1. The topological polar surface area (TPSA) is 143 Å². The van der Waals surface area contributed by atoms with Crippen LogP contribution in [0.2, 0.25) is 10.0 Å². The Bertz CT molecular complexity index is 2570. The molecule has 0 radical (unpaired) electrons. The molecule has 3 N–H and O–H groups in total. The van der Waals surface area contributed by atoms with E-state index in [2.05, 4.69) is 45.7 Å². The fourth-order valence-electron chi connectivity index (χ4n) is 8.49. The highest BCUT2D eigenvalue weighted by Gasteiger charge is 2.41. The number of alkyl halides is 6. The standard InChI is InChI=1S/C46H51Cl2F6N7O5S/c1-44(2)10-9-30(37(22-44)29-3-5-31(47)6-4-29)27-59-15-17-61(18-16-59)32-7-8-36(40(19-32)66-34-20-39(48)41(55)56-25-34)42(62)58-67(63,64)35-21-38(46(52,53)54)43(57-26-35)65-28-45(51)11-13-60(14-12-45)33(23-49)24-50/h3-8,19-21,25-26,33H,9-18,22-24,27-28H2,1-2H3,(H2,55,56)(H,58,62). The molecule has 1 amide bonds. The van der Waals surface area contributed by atoms with E-state index in [-0.39, 0.29) is 65.3 Å². The largest absolute Gasteiger partial charge is 0.474 e. The molecule has 2 fully saturated rings. The molecular weight excluding hydrogens is 948 g/mol. The van der Waals surface area contributed by atoms with Crippen LogP contribution >= 0.6 is 23.2 Å². The van der Waals surface area contributed by atoms with Gasteiger partial charge in [-0.05, 0) is 79.0 Å². The maximum Gasteiger partial charge on any atom is 0.421 e. The Kier molecular flexibility index (Phi) is 15.3. The number of nitrogens with zero attached hydrogens (tertiary/aromatic N) is 5. The SMILES string of the molecule is CC1(C)CCC(CN2CCN(c3ccc(C(=O)NS(=O)(=O)c4cnc(OCC5(F)CCN(C(CF)CF)CC5)c(C(F)(F)F)c4)c(Oc4cnc(N)c(Cl)c4)c3)CC2)=C(c2ccc(Cl)cc2)C1. The van der Waals surface area contributed by atoms with Crippen molar-refractivity contribution in [3.05, 3.63) is 99.3 Å². The molecule has 1 aliphatic carbocycles. The van der Waals surface area contributed by atoms with E-state index in [0.29, 0.717) is 43.1 Å². The highest BCUT2D eigenvalue weighted by Crippen LogP contribution is 2.44. The van der Waals surface area contributed by atoms with Gasteiger partial charge in [-0.1, -0.05) is 54.8 Å². The summed E-state index contributed by atoms with van der Waals surface area (Å²) in [6.07, 6.45) is -0.975. The number of allylic oxidation sites excluding steroid dienone is 1. The minimum atomic E-state index is -5.22. The maximum atomic E-state index is 15.6. The van der Waals surface area contributed by atoms with E-state index >= 15 is 4.39 Å². The van der Waals surface area contributed by atoms with Gasteiger partial charge in [-0.25, -0.2) is 36.3 Å². The molecule has 67 heavy (non-hydrogen) atoms. The van der Waals surface area contributed by atoms with Crippen molar-refractivity contribution in [1.29, 1.82) is 0 Å². The molecule has 0 unspecified atom stereocenters. The summed E-state index contributed by atoms with van der Waals surface area (Å²) < 4.78 is 125. The summed E-state index contributed by atoms with van der Waals surface area (Å²) in [4.78, 5) is 26.2. The second-order valence-corrected chi connectivity index (χ2v) is 20.4. The first-order valence-electron chi connectivity index (χ1n) is 21.6. The molecule has 3 aliphatic rings. The number of carbonyl (C=O) groups excluding carboxylic acids is 1. The number of nitrogen functional groups attached to an aromatic ring is 1. The third-order valence-electron chi connectivity index (χ3n) is 12.5. The number of ether oxygens (including phenoxy) is 2. The van der Waals surface area contributed by atoms with Crippen LogP contribution in [0.1, 0.15) is 67.4 Å². The molecule has 2 aliphatic heterocycles. The van der Waals surface area contributed by atoms with Crippen molar-refractivity contribution < 1.29 is 49.0 Å². The van der Waals surface area contributed by atoms with Crippen LogP contribution in [0.15, 0.2) is 77.5 Å². The second-order valence-electron chi connectivity index (χ2n) is 17.9. The van der Waals surface area contributed by atoms with Gasteiger partial charge in [0.1, 0.15) is 53.4 Å². The number of nitrogens with one attached hydrogen (secondary N) is 1. The van der Waals surface area contributed by atoms with E-state index in [1.807, 2.05) is 16.9 Å². The van der Waals surface area contributed by atoms with Crippen molar-refractivity contribution in [3.8, 4) is 17.4 Å². The lowest BCUT2D eigenvalue weighted by Gasteiger charge is -2.39. The first-order chi connectivity index (χ1) is 31.7. The van der Waals surface area contributed by atoms with Crippen molar-refractivity contribution >= 4 is 56.2 Å². The summed E-state index contributed by atoms with van der Waals surface area (Å²) >= 11 is 12.4. The van der Waals surface area contributed by atoms with E-state index in [4.69, 9.17) is 38.4 Å². The number of hydrogen-bond acceptors (Lipinski definition) is 11. The molecule has 12 nitrogen and oxygen atoms in total. The number of aromatic nitrogens is 2. The molecule has 362 valence electrons. The number of amides is 1. The zero-order chi connectivity index (χ0) is 48.3. The van der Waals surface area contributed by atoms with E-state index in [0.717, 1.165) is 25.8 Å². The number of halogens is 8. The van der Waals surface area contributed by atoms with Crippen LogP contribution in [-0.2, 0) is 16.2 Å². The van der Waals surface area contributed by atoms with Crippen molar-refractivity contribution in [2.45, 2.75) is 68.7 Å². The summed E-state index contributed by atoms with van der Waals surface area (Å²) in [6.45, 7) is 5.03. The average Bonchev–Trinajstić information content (AvgIpc) is 3.28. The predicted octanol–water partition coefficient (Wildman–Crippen LogP) is 9.57. The second kappa shape index (κ2) is 20.4. The van der Waals surface area contributed by atoms with E-state index < -0.39 is 70.1 Å². The van der Waals surface area contributed by atoms with Crippen LogP contribution in [0.4, 0.5) is 37.8 Å². The molecule has 0 saturated carbocycles. The van der Waals surface area contributed by atoms with Crippen molar-refractivity contribution in [1.82, 2.24) is 24.5 Å². The van der Waals surface area contributed by atoms with E-state index in [1.54, 1.807) is 12.1 Å². The highest BCUT2D eigenvalue weighted by atomic mass is 35.5. The minimum Gasteiger partial charge on any atom is -0.474 e. The summed E-state index contributed by atoms with van der Waals surface area (Å²) in [5, 5.41) is 0.725. The third kappa shape index (κ3) is 12.3. The van der Waals surface area contributed by atoms with Gasteiger partial charge in [0.25, 0.3) is 15.9 Å². The Morgan fingerprint density at radius 1 is 0.925 bits per heavy atom. The first kappa shape index (κ1) is 50.1. The molecule has 2 aromatic heterocycles. The highest BCUT2D eigenvalue weighted by molar-refractivity contribution is 7.90. The van der Waals surface area contributed by atoms with Crippen molar-refractivity contribution in [2.75, 3.05) is 76.4 Å². The van der Waals surface area contributed by atoms with Gasteiger partial charge in [-0.15, -0.1) is 0 Å². The van der Waals surface area contributed by atoms with Crippen LogP contribution in [0, 0.1) is 5.41 Å². The Labute approximate surface area is 395 Å². The summed E-state index contributed by atoms with van der Waals surface area (Å²) in [5.41, 5.74) is 6.42. The molecule has 2 saturated heterocycles. The van der Waals surface area contributed by atoms with Gasteiger partial charge in [0.2, 0.25) is 5.88 Å². The molecule has 4 heterocycles. The van der Waals surface area contributed by atoms with Crippen molar-refractivity contribution in [2.24, 2.45) is 5.41 Å². The summed E-state index contributed by atoms with van der Waals surface area (Å²) in [5.74, 6) is -2.40. The van der Waals surface area contributed by atoms with Gasteiger partial charge in [-0.3, -0.25) is 14.6 Å². The van der Waals surface area contributed by atoms with Crippen LogP contribution < -0.4 is 24.8 Å². The van der Waals surface area contributed by atoms with Gasteiger partial charge in [-0.2, -0.15) is 13.2 Å². The number of nitrogens with two attached hydrogens (primary N) is 1. The molecule has 0 spiro atoms. The van der Waals surface area contributed by atoms with Crippen molar-refractivity contribution in [3.63, 3.8) is 0 Å². The molecular formula is C46H51Cl2F6N7O5S. The van der Waals surface area contributed by atoms with Crippen LogP contribution in [0.25, 0.3) is 5.57 Å². The lowest BCUT2D eigenvalue weighted by atomic mass is 9.72. The Hall–Kier alpha value is -4.82. The fourth-order valence-corrected chi connectivity index (χ4v) is 9.71. The number of rotatable bonds is 15. The number of sulfonamides is 1. The lowest BCUT2D eigenvalue weighted by Crippen LogP contribution is -2.50. The third-order valence-corrected chi connectivity index (χ3v) is 14.4. The van der Waals surface area contributed by atoms with Crippen LogP contribution in [0.5, 0.6) is 17.4 Å². The Morgan fingerprint density at radius 3 is 2.25 bits per heavy atom. The normalized spacial score (nSPS) is 18.3. The molecule has 4 aromatic rings. The fraction of sp³-hybridized carbons (Fsp3) is 0.457. The van der Waals surface area contributed by atoms with E-state index in [1.165, 1.54) is 39.9 Å². The molecule has 2 aromatic carbocycles. The number of hydrogen-bond donors (Lipinski definition) is 2. The van der Waals surface area contributed by atoms with Gasteiger partial charge in [0, 0.05) is 68.7 Å². The molecule has 21 heteroatoms. The molecule has 7 rings (SSSR count). The number of likely N-dealkylation sites (tertiary alicyclic amines) is 1. The number of piperidine rings is 1. The predicted molar refractivity (Wildman–Crippen MR) is 245 cm³/mol. The minimum absolute atomic E-state index is 0.00785. The zero-order valence-corrected chi connectivity index (χ0v) is 39.1. The Balaban J connectivity index is 1.07. The van der Waals surface area contributed by atoms with Gasteiger partial charge in [0.15, 0.2) is 0 Å². The number of benzene rings is 2. The van der Waals surface area contributed by atoms with Gasteiger partial charge in [0.05, 0.1) is 29.0 Å². The molecule has 0 bridgehead atoms. The van der Waals surface area contributed by atoms with Gasteiger partial charge < -0.3 is 20.1 Å². The lowest BCUT2D eigenvalue weighted by molar-refractivity contribution is -0.140. The summed E-state index contributed by atoms with van der Waals surface area (Å²) in [6, 6.07) is 13.0. The monoisotopic (exact) mass is 997 g/mol. The van der Waals surface area contributed by atoms with E-state index in [9.17, 15) is 35.2 Å². The Morgan fingerprint density at radius 2 is 1.61 bits per heavy atom. The number of pyridine rings is 2. The van der Waals surface area contributed by atoms with Gasteiger partial charge >= 0.3 is 6.18 Å². The van der Waals surface area contributed by atoms with Crippen LogP contribution in [-0.4, -0.2) is 112 Å². The average molecular weight is 999 g/mol. The summed E-state index contributed by atoms with van der Waals surface area (Å²) in [7, 11) is -5.04. The zero-order valence-electron chi connectivity index (χ0n) is 36.8.